The maximum absolute atomic E-state index is 15.2. The molecule has 0 aliphatic carbocycles. The molecule has 148 valence electrons. The van der Waals surface area contributed by atoms with Gasteiger partial charge in [0.25, 0.3) is 0 Å². The number of benzene rings is 2. The van der Waals surface area contributed by atoms with Crippen LogP contribution in [0, 0.1) is 5.82 Å². The van der Waals surface area contributed by atoms with Crippen LogP contribution in [0.5, 0.6) is 0 Å². The third-order valence-electron chi connectivity index (χ3n) is 3.96. The highest BCUT2D eigenvalue weighted by Crippen LogP contribution is 2.34. The van der Waals surface area contributed by atoms with Crippen LogP contribution >= 0.6 is 27.5 Å². The molecule has 3 aromatic rings. The standard InChI is InChI=1S/C18H17BrClFN4O3/c1-25-9-22-18-14(25)6-10(7-15(27)24-28-5-4-26)17(16(18)21)23-13-3-2-11(19)8-12(13)20/h2-3,6,8-9,23,26H,4-5,7H2,1H3,(H,24,27). The molecule has 0 bridgehead atoms. The van der Waals surface area contributed by atoms with Gasteiger partial charge in [-0.15, -0.1) is 0 Å². The van der Waals surface area contributed by atoms with Crippen molar-refractivity contribution in [1.82, 2.24) is 15.0 Å². The van der Waals surface area contributed by atoms with Gasteiger partial charge in [-0.05, 0) is 29.8 Å². The summed E-state index contributed by atoms with van der Waals surface area (Å²) in [6, 6.07) is 6.82. The Labute approximate surface area is 173 Å². The molecule has 7 nitrogen and oxygen atoms in total. The molecular formula is C18H17BrClFN4O3. The molecule has 3 N–H and O–H groups in total. The number of halogens is 3. The Morgan fingerprint density at radius 1 is 1.43 bits per heavy atom. The molecule has 1 aromatic heterocycles. The second-order valence-electron chi connectivity index (χ2n) is 5.97. The molecule has 0 atom stereocenters. The minimum absolute atomic E-state index is 0.0412. The number of aromatic nitrogens is 2. The molecule has 1 amide bonds. The molecule has 3 rings (SSSR count). The number of imidazole rings is 1. The summed E-state index contributed by atoms with van der Waals surface area (Å²) in [5.74, 6) is -1.07. The number of carbonyl (C=O) groups excluding carboxylic acids is 1. The summed E-state index contributed by atoms with van der Waals surface area (Å²) < 4.78 is 17.7. The van der Waals surface area contributed by atoms with Crippen LogP contribution in [0.1, 0.15) is 5.56 Å². The van der Waals surface area contributed by atoms with Gasteiger partial charge >= 0.3 is 0 Å². The molecule has 10 heteroatoms. The summed E-state index contributed by atoms with van der Waals surface area (Å²) in [5.41, 5.74) is 3.93. The third kappa shape index (κ3) is 4.44. The third-order valence-corrected chi connectivity index (χ3v) is 4.77. The zero-order valence-electron chi connectivity index (χ0n) is 14.8. The molecule has 0 unspecified atom stereocenters. The Morgan fingerprint density at radius 2 is 2.21 bits per heavy atom. The number of hydrogen-bond acceptors (Lipinski definition) is 5. The minimum Gasteiger partial charge on any atom is -0.394 e. The van der Waals surface area contributed by atoms with Gasteiger partial charge in [-0.25, -0.2) is 14.9 Å². The molecule has 0 saturated heterocycles. The van der Waals surface area contributed by atoms with Crippen molar-refractivity contribution in [3.63, 3.8) is 0 Å². The van der Waals surface area contributed by atoms with E-state index in [1.807, 2.05) is 0 Å². The summed E-state index contributed by atoms with van der Waals surface area (Å²) in [6.07, 6.45) is 1.35. The van der Waals surface area contributed by atoms with Crippen molar-refractivity contribution >= 4 is 55.8 Å². The Balaban J connectivity index is 2.00. The number of carbonyl (C=O) groups is 1. The first-order chi connectivity index (χ1) is 13.4. The van der Waals surface area contributed by atoms with Crippen LogP contribution in [-0.2, 0) is 23.1 Å². The average Bonchev–Trinajstić information content (AvgIpc) is 3.01. The smallest absolute Gasteiger partial charge is 0.248 e. The van der Waals surface area contributed by atoms with Gasteiger partial charge in [-0.2, -0.15) is 0 Å². The Morgan fingerprint density at radius 3 is 2.93 bits per heavy atom. The summed E-state index contributed by atoms with van der Waals surface area (Å²) in [5, 5.41) is 12.1. The summed E-state index contributed by atoms with van der Waals surface area (Å²) >= 11 is 9.56. The Hall–Kier alpha value is -2.20. The summed E-state index contributed by atoms with van der Waals surface area (Å²) in [7, 11) is 1.74. The van der Waals surface area contributed by atoms with E-state index in [0.717, 1.165) is 4.47 Å². The van der Waals surface area contributed by atoms with E-state index < -0.39 is 11.7 Å². The van der Waals surface area contributed by atoms with Crippen molar-refractivity contribution in [3.05, 3.63) is 51.5 Å². The fourth-order valence-electron chi connectivity index (χ4n) is 2.66. The molecule has 0 aliphatic heterocycles. The van der Waals surface area contributed by atoms with Gasteiger partial charge in [0, 0.05) is 11.5 Å². The monoisotopic (exact) mass is 470 g/mol. The van der Waals surface area contributed by atoms with Gasteiger partial charge < -0.3 is 15.0 Å². The lowest BCUT2D eigenvalue weighted by Crippen LogP contribution is -2.27. The number of aryl methyl sites for hydroxylation is 1. The zero-order valence-corrected chi connectivity index (χ0v) is 17.1. The lowest BCUT2D eigenvalue weighted by molar-refractivity contribution is -0.133. The number of anilines is 2. The first-order valence-corrected chi connectivity index (χ1v) is 9.43. The van der Waals surface area contributed by atoms with E-state index >= 15 is 4.39 Å². The van der Waals surface area contributed by atoms with E-state index in [4.69, 9.17) is 21.5 Å². The van der Waals surface area contributed by atoms with Gasteiger partial charge in [-0.1, -0.05) is 27.5 Å². The molecule has 0 fully saturated rings. The molecule has 0 aliphatic rings. The number of nitrogens with one attached hydrogen (secondary N) is 2. The number of hydrogen-bond donors (Lipinski definition) is 3. The number of amides is 1. The second kappa shape index (κ2) is 8.87. The topological polar surface area (TPSA) is 88.4 Å². The van der Waals surface area contributed by atoms with Gasteiger partial charge in [0.05, 0.1) is 47.9 Å². The van der Waals surface area contributed by atoms with Gasteiger partial charge in [-0.3, -0.25) is 9.63 Å². The number of rotatable bonds is 7. The van der Waals surface area contributed by atoms with Crippen LogP contribution in [0.25, 0.3) is 11.0 Å². The highest BCUT2D eigenvalue weighted by atomic mass is 79.9. The van der Waals surface area contributed by atoms with E-state index in [0.29, 0.717) is 21.8 Å². The lowest BCUT2D eigenvalue weighted by Gasteiger charge is -2.15. The van der Waals surface area contributed by atoms with Crippen molar-refractivity contribution in [1.29, 1.82) is 0 Å². The zero-order chi connectivity index (χ0) is 20.3. The minimum atomic E-state index is -0.587. The van der Waals surface area contributed by atoms with E-state index in [-0.39, 0.29) is 30.8 Å². The number of fused-ring (bicyclic) bond motifs is 1. The first kappa shape index (κ1) is 20.5. The Bertz CT molecular complexity index is 1030. The SMILES string of the molecule is Cn1cnc2c(F)c(Nc3ccc(Br)cc3Cl)c(CC(=O)NOCCO)cc21. The van der Waals surface area contributed by atoms with Crippen molar-refractivity contribution in [2.75, 3.05) is 18.5 Å². The molecule has 1 heterocycles. The van der Waals surface area contributed by atoms with Crippen LogP contribution < -0.4 is 10.8 Å². The van der Waals surface area contributed by atoms with Crippen LogP contribution in [0.3, 0.4) is 0 Å². The summed E-state index contributed by atoms with van der Waals surface area (Å²) in [6.45, 7) is -0.273. The molecule has 0 saturated carbocycles. The molecule has 0 spiro atoms. The highest BCUT2D eigenvalue weighted by Gasteiger charge is 2.19. The largest absolute Gasteiger partial charge is 0.394 e. The van der Waals surface area contributed by atoms with E-state index in [1.165, 1.54) is 6.33 Å². The van der Waals surface area contributed by atoms with Crippen LogP contribution in [0.15, 0.2) is 35.1 Å². The lowest BCUT2D eigenvalue weighted by atomic mass is 10.1. The second-order valence-corrected chi connectivity index (χ2v) is 7.29. The molecule has 0 radical (unpaired) electrons. The van der Waals surface area contributed by atoms with E-state index in [9.17, 15) is 4.79 Å². The van der Waals surface area contributed by atoms with Crippen LogP contribution in [0.4, 0.5) is 15.8 Å². The van der Waals surface area contributed by atoms with Crippen LogP contribution in [0.2, 0.25) is 5.02 Å². The predicted octanol–water partition coefficient (Wildman–Crippen LogP) is 3.45. The molecular weight excluding hydrogens is 455 g/mol. The maximum Gasteiger partial charge on any atom is 0.248 e. The maximum atomic E-state index is 15.2. The van der Waals surface area contributed by atoms with Gasteiger partial charge in [0.2, 0.25) is 5.91 Å². The predicted molar refractivity (Wildman–Crippen MR) is 108 cm³/mol. The number of aliphatic hydroxyl groups is 1. The summed E-state index contributed by atoms with van der Waals surface area (Å²) in [4.78, 5) is 21.1. The quantitative estimate of drug-likeness (QED) is 0.363. The first-order valence-electron chi connectivity index (χ1n) is 8.26. The molecule has 2 aromatic carbocycles. The fraction of sp³-hybridized carbons (Fsp3) is 0.222. The fourth-order valence-corrected chi connectivity index (χ4v) is 3.38. The number of aliphatic hydroxyl groups excluding tert-OH is 1. The highest BCUT2D eigenvalue weighted by molar-refractivity contribution is 9.10. The van der Waals surface area contributed by atoms with Crippen molar-refractivity contribution in [2.24, 2.45) is 7.05 Å². The van der Waals surface area contributed by atoms with Crippen molar-refractivity contribution in [3.8, 4) is 0 Å². The Kier molecular flexibility index (Phi) is 6.50. The number of nitrogens with zero attached hydrogens (tertiary/aromatic N) is 2. The van der Waals surface area contributed by atoms with E-state index in [2.05, 4.69) is 31.7 Å². The van der Waals surface area contributed by atoms with E-state index in [1.54, 1.807) is 35.9 Å². The normalized spacial score (nSPS) is 11.0. The average molecular weight is 472 g/mol. The van der Waals surface area contributed by atoms with Gasteiger partial charge in [0.1, 0.15) is 5.52 Å². The van der Waals surface area contributed by atoms with Crippen LogP contribution in [-0.4, -0.2) is 33.8 Å². The number of hydroxylamine groups is 1. The van der Waals surface area contributed by atoms with Gasteiger partial charge in [0.15, 0.2) is 5.82 Å². The van der Waals surface area contributed by atoms with Crippen molar-refractivity contribution in [2.45, 2.75) is 6.42 Å². The molecule has 28 heavy (non-hydrogen) atoms. The van der Waals surface area contributed by atoms with Crippen molar-refractivity contribution < 1.29 is 19.1 Å².